The van der Waals surface area contributed by atoms with Gasteiger partial charge in [-0.2, -0.15) is 0 Å². The summed E-state index contributed by atoms with van der Waals surface area (Å²) in [6, 6.07) is 11.7. The van der Waals surface area contributed by atoms with E-state index in [-0.39, 0.29) is 0 Å². The minimum absolute atomic E-state index is 0.346. The molecule has 2 nitrogen and oxygen atoms in total. The topological polar surface area (TPSA) is 37.3 Å². The number of fused-ring (bicyclic) bond motifs is 1. The van der Waals surface area contributed by atoms with Gasteiger partial charge in [0.05, 0.1) is 5.56 Å². The first-order chi connectivity index (χ1) is 9.63. The first-order valence-corrected chi connectivity index (χ1v) is 8.07. The number of hydrogen-bond acceptors (Lipinski definition) is 2. The molecule has 0 heterocycles. The molecular weight excluding hydrogens is 336 g/mol. The summed E-state index contributed by atoms with van der Waals surface area (Å²) in [5, 5.41) is 9.26. The zero-order chi connectivity index (χ0) is 14.1. The monoisotopic (exact) mass is 348 g/mol. The minimum atomic E-state index is -0.888. The predicted octanol–water partition coefficient (Wildman–Crippen LogP) is 4.79. The molecule has 2 aromatic rings. The molecule has 0 aromatic heterocycles. The highest BCUT2D eigenvalue weighted by molar-refractivity contribution is 9.10. The molecule has 102 valence electrons. The molecule has 0 saturated heterocycles. The Bertz CT molecular complexity index is 682. The van der Waals surface area contributed by atoms with E-state index in [1.54, 1.807) is 12.1 Å². The third kappa shape index (κ3) is 2.76. The van der Waals surface area contributed by atoms with Gasteiger partial charge in [0.1, 0.15) is 0 Å². The van der Waals surface area contributed by atoms with E-state index < -0.39 is 5.97 Å². The Morgan fingerprint density at radius 3 is 2.70 bits per heavy atom. The molecule has 0 saturated carbocycles. The number of hydrogen-bond donors (Lipinski definition) is 1. The van der Waals surface area contributed by atoms with Crippen molar-refractivity contribution in [3.8, 4) is 0 Å². The number of aromatic carboxylic acids is 1. The van der Waals surface area contributed by atoms with Gasteiger partial charge in [-0.25, -0.2) is 4.79 Å². The van der Waals surface area contributed by atoms with E-state index in [9.17, 15) is 9.90 Å². The number of aryl methyl sites for hydroxylation is 2. The van der Waals surface area contributed by atoms with Crippen LogP contribution in [0.15, 0.2) is 50.7 Å². The van der Waals surface area contributed by atoms with Gasteiger partial charge in [-0.1, -0.05) is 33.8 Å². The van der Waals surface area contributed by atoms with Crippen LogP contribution in [0, 0.1) is 0 Å². The summed E-state index contributed by atoms with van der Waals surface area (Å²) in [5.74, 6) is -0.888. The Kier molecular flexibility index (Phi) is 3.85. The van der Waals surface area contributed by atoms with E-state index in [2.05, 4.69) is 34.1 Å². The lowest BCUT2D eigenvalue weighted by Gasteiger charge is -2.08. The van der Waals surface area contributed by atoms with E-state index >= 15 is 0 Å². The fourth-order valence-electron chi connectivity index (χ4n) is 2.50. The molecular formula is C16H13BrO2S. The van der Waals surface area contributed by atoms with Crippen molar-refractivity contribution < 1.29 is 9.90 Å². The van der Waals surface area contributed by atoms with Crippen molar-refractivity contribution in [2.45, 2.75) is 29.1 Å². The van der Waals surface area contributed by atoms with Crippen molar-refractivity contribution in [2.24, 2.45) is 0 Å². The Labute approximate surface area is 130 Å². The third-order valence-corrected chi connectivity index (χ3v) is 5.01. The lowest BCUT2D eigenvalue weighted by Crippen LogP contribution is -1.98. The minimum Gasteiger partial charge on any atom is -0.478 e. The highest BCUT2D eigenvalue weighted by Crippen LogP contribution is 2.35. The lowest BCUT2D eigenvalue weighted by atomic mass is 10.1. The average Bonchev–Trinajstić information content (AvgIpc) is 2.85. The van der Waals surface area contributed by atoms with Gasteiger partial charge < -0.3 is 5.11 Å². The first-order valence-electron chi connectivity index (χ1n) is 6.46. The second kappa shape index (κ2) is 5.62. The first kappa shape index (κ1) is 13.7. The Morgan fingerprint density at radius 2 is 1.90 bits per heavy atom. The van der Waals surface area contributed by atoms with Gasteiger partial charge >= 0.3 is 5.97 Å². The fourth-order valence-corrected chi connectivity index (χ4v) is 4.05. The van der Waals surface area contributed by atoms with Gasteiger partial charge in [0.2, 0.25) is 0 Å². The van der Waals surface area contributed by atoms with Crippen molar-refractivity contribution in [1.29, 1.82) is 0 Å². The molecule has 0 amide bonds. The maximum atomic E-state index is 11.3. The van der Waals surface area contributed by atoms with Gasteiger partial charge in [-0.05, 0) is 60.7 Å². The molecule has 1 aliphatic carbocycles. The number of rotatable bonds is 3. The predicted molar refractivity (Wildman–Crippen MR) is 83.7 cm³/mol. The van der Waals surface area contributed by atoms with E-state index in [4.69, 9.17) is 0 Å². The molecule has 0 aliphatic heterocycles. The van der Waals surface area contributed by atoms with Crippen LogP contribution in [0.4, 0.5) is 0 Å². The maximum absolute atomic E-state index is 11.3. The van der Waals surface area contributed by atoms with Crippen molar-refractivity contribution >= 4 is 33.7 Å². The van der Waals surface area contributed by atoms with E-state index in [0.717, 1.165) is 27.1 Å². The quantitative estimate of drug-likeness (QED) is 0.866. The largest absolute Gasteiger partial charge is 0.478 e. The van der Waals surface area contributed by atoms with Crippen LogP contribution in [-0.2, 0) is 12.8 Å². The van der Waals surface area contributed by atoms with E-state index in [0.29, 0.717) is 5.56 Å². The molecule has 4 heteroatoms. The molecule has 2 aromatic carbocycles. The van der Waals surface area contributed by atoms with Crippen molar-refractivity contribution in [1.82, 2.24) is 0 Å². The standard InChI is InChI=1S/C16H13BrO2S/c17-12-5-7-14(16(18)19)15(9-12)20-13-6-4-10-2-1-3-11(10)8-13/h4-9H,1-3H2,(H,18,19). The van der Waals surface area contributed by atoms with Crippen LogP contribution in [0.1, 0.15) is 27.9 Å². The van der Waals surface area contributed by atoms with Crippen LogP contribution >= 0.6 is 27.7 Å². The molecule has 0 unspecified atom stereocenters. The summed E-state index contributed by atoms with van der Waals surface area (Å²) in [5.41, 5.74) is 3.18. The number of carboxylic acid groups (broad SMARTS) is 1. The number of halogens is 1. The van der Waals surface area contributed by atoms with Crippen LogP contribution in [0.3, 0.4) is 0 Å². The zero-order valence-corrected chi connectivity index (χ0v) is 13.1. The Balaban J connectivity index is 1.95. The summed E-state index contributed by atoms with van der Waals surface area (Å²) >= 11 is 4.91. The van der Waals surface area contributed by atoms with Crippen LogP contribution in [0.25, 0.3) is 0 Å². The Morgan fingerprint density at radius 1 is 1.10 bits per heavy atom. The molecule has 1 aliphatic rings. The zero-order valence-electron chi connectivity index (χ0n) is 10.7. The van der Waals surface area contributed by atoms with Crippen LogP contribution in [0.5, 0.6) is 0 Å². The fraction of sp³-hybridized carbons (Fsp3) is 0.188. The summed E-state index contributed by atoms with van der Waals surface area (Å²) in [7, 11) is 0. The second-order valence-electron chi connectivity index (χ2n) is 4.83. The Hall–Kier alpha value is -1.26. The molecule has 0 atom stereocenters. The average molecular weight is 349 g/mol. The SMILES string of the molecule is O=C(O)c1ccc(Br)cc1Sc1ccc2c(c1)CCC2. The summed E-state index contributed by atoms with van der Waals surface area (Å²) in [4.78, 5) is 13.2. The summed E-state index contributed by atoms with van der Waals surface area (Å²) in [6.07, 6.45) is 3.52. The van der Waals surface area contributed by atoms with Crippen molar-refractivity contribution in [2.75, 3.05) is 0 Å². The van der Waals surface area contributed by atoms with E-state index in [1.807, 2.05) is 6.07 Å². The van der Waals surface area contributed by atoms with Gasteiger partial charge in [0.25, 0.3) is 0 Å². The molecule has 0 bridgehead atoms. The van der Waals surface area contributed by atoms with Gasteiger partial charge in [-0.15, -0.1) is 0 Å². The van der Waals surface area contributed by atoms with E-state index in [1.165, 1.54) is 29.3 Å². The number of benzene rings is 2. The van der Waals surface area contributed by atoms with Crippen LogP contribution in [-0.4, -0.2) is 11.1 Å². The molecule has 0 fully saturated rings. The molecule has 0 radical (unpaired) electrons. The molecule has 20 heavy (non-hydrogen) atoms. The van der Waals surface area contributed by atoms with Gasteiger partial charge in [0.15, 0.2) is 0 Å². The number of carbonyl (C=O) groups is 1. The summed E-state index contributed by atoms with van der Waals surface area (Å²) < 4.78 is 0.895. The summed E-state index contributed by atoms with van der Waals surface area (Å²) in [6.45, 7) is 0. The number of carboxylic acids is 1. The molecule has 3 rings (SSSR count). The smallest absolute Gasteiger partial charge is 0.336 e. The second-order valence-corrected chi connectivity index (χ2v) is 6.86. The highest BCUT2D eigenvalue weighted by Gasteiger charge is 2.14. The lowest BCUT2D eigenvalue weighted by molar-refractivity contribution is 0.0693. The van der Waals surface area contributed by atoms with Crippen LogP contribution in [0.2, 0.25) is 0 Å². The third-order valence-electron chi connectivity index (χ3n) is 3.47. The molecule has 0 spiro atoms. The molecule has 1 N–H and O–H groups in total. The van der Waals surface area contributed by atoms with Crippen molar-refractivity contribution in [3.05, 3.63) is 57.6 Å². The maximum Gasteiger partial charge on any atom is 0.336 e. The van der Waals surface area contributed by atoms with Crippen molar-refractivity contribution in [3.63, 3.8) is 0 Å². The normalized spacial score (nSPS) is 13.2. The highest BCUT2D eigenvalue weighted by atomic mass is 79.9. The van der Waals surface area contributed by atoms with Gasteiger partial charge in [-0.3, -0.25) is 0 Å². The van der Waals surface area contributed by atoms with Gasteiger partial charge in [0, 0.05) is 14.3 Å². The van der Waals surface area contributed by atoms with Crippen LogP contribution < -0.4 is 0 Å².